The Balaban J connectivity index is 3.44. The molecule has 0 amide bonds. The van der Waals surface area contributed by atoms with Gasteiger partial charge in [0.2, 0.25) is 0 Å². The van der Waals surface area contributed by atoms with Crippen molar-refractivity contribution in [2.24, 2.45) is 4.99 Å². The number of allylic oxidation sites excluding steroid dienone is 1. The third kappa shape index (κ3) is 7.02. The van der Waals surface area contributed by atoms with Gasteiger partial charge in [-0.25, -0.2) is 0 Å². The molecule has 0 bridgehead atoms. The highest BCUT2D eigenvalue weighted by molar-refractivity contribution is 5.75. The van der Waals surface area contributed by atoms with E-state index in [1.165, 1.54) is 6.20 Å². The Morgan fingerprint density at radius 3 is 2.75 bits per heavy atom. The van der Waals surface area contributed by atoms with Gasteiger partial charge in [0.05, 0.1) is 6.21 Å². The molecule has 0 N–H and O–H groups in total. The van der Waals surface area contributed by atoms with Crippen molar-refractivity contribution in [3.8, 4) is 0 Å². The molecule has 0 aliphatic rings. The van der Waals surface area contributed by atoms with E-state index in [1.807, 2.05) is 19.0 Å². The highest BCUT2D eigenvalue weighted by Crippen LogP contribution is 1.89. The summed E-state index contributed by atoms with van der Waals surface area (Å²) in [5.41, 5.74) is 0. The van der Waals surface area contributed by atoms with Crippen LogP contribution in [0.25, 0.3) is 0 Å². The SMILES string of the molecule is C=CN=CC(=C)OCCN(C)C. The first-order valence-electron chi connectivity index (χ1n) is 3.77. The van der Waals surface area contributed by atoms with Gasteiger partial charge in [0.15, 0.2) is 0 Å². The lowest BCUT2D eigenvalue weighted by molar-refractivity contribution is 0.200. The molecule has 0 atom stereocenters. The standard InChI is InChI=1S/C9H16N2O/c1-5-10-8-9(2)12-7-6-11(3)4/h5,8H,1-2,6-7H2,3-4H3. The van der Waals surface area contributed by atoms with E-state index in [4.69, 9.17) is 4.74 Å². The van der Waals surface area contributed by atoms with Gasteiger partial charge in [-0.3, -0.25) is 4.99 Å². The lowest BCUT2D eigenvalue weighted by atomic mass is 10.6. The molecule has 0 rings (SSSR count). The maximum atomic E-state index is 5.22. The smallest absolute Gasteiger partial charge is 0.130 e. The second-order valence-electron chi connectivity index (χ2n) is 2.58. The Morgan fingerprint density at radius 2 is 2.25 bits per heavy atom. The van der Waals surface area contributed by atoms with Crippen LogP contribution in [0.1, 0.15) is 0 Å². The zero-order valence-electron chi connectivity index (χ0n) is 7.79. The molecule has 0 fully saturated rings. The van der Waals surface area contributed by atoms with Gasteiger partial charge in [0.1, 0.15) is 12.4 Å². The molecular formula is C9H16N2O. The summed E-state index contributed by atoms with van der Waals surface area (Å²) in [6.45, 7) is 8.60. The van der Waals surface area contributed by atoms with Gasteiger partial charge < -0.3 is 9.64 Å². The van der Waals surface area contributed by atoms with E-state index in [9.17, 15) is 0 Å². The molecule has 0 heterocycles. The topological polar surface area (TPSA) is 24.8 Å². The molecule has 12 heavy (non-hydrogen) atoms. The Bertz CT molecular complexity index is 173. The number of rotatable bonds is 6. The lowest BCUT2D eigenvalue weighted by Crippen LogP contribution is -2.17. The van der Waals surface area contributed by atoms with Crippen LogP contribution in [0.2, 0.25) is 0 Å². The minimum absolute atomic E-state index is 0.566. The van der Waals surface area contributed by atoms with Crippen molar-refractivity contribution >= 4 is 6.21 Å². The Kier molecular flexibility index (Phi) is 6.01. The molecule has 0 aromatic carbocycles. The number of hydrogen-bond acceptors (Lipinski definition) is 3. The first kappa shape index (κ1) is 10.9. The van der Waals surface area contributed by atoms with Gasteiger partial charge in [-0.15, -0.1) is 0 Å². The number of nitrogens with zero attached hydrogens (tertiary/aromatic N) is 2. The zero-order valence-corrected chi connectivity index (χ0v) is 7.79. The van der Waals surface area contributed by atoms with E-state index in [0.717, 1.165) is 6.54 Å². The van der Waals surface area contributed by atoms with Crippen LogP contribution in [-0.2, 0) is 4.74 Å². The molecule has 0 aromatic heterocycles. The third-order valence-electron chi connectivity index (χ3n) is 1.15. The first-order valence-corrected chi connectivity index (χ1v) is 3.77. The van der Waals surface area contributed by atoms with Gasteiger partial charge in [-0.1, -0.05) is 13.2 Å². The van der Waals surface area contributed by atoms with Gasteiger partial charge in [0.25, 0.3) is 0 Å². The quantitative estimate of drug-likeness (QED) is 0.441. The fraction of sp³-hybridized carbons (Fsp3) is 0.444. The van der Waals surface area contributed by atoms with Gasteiger partial charge in [-0.05, 0) is 14.1 Å². The Labute approximate surface area is 74.0 Å². The summed E-state index contributed by atoms with van der Waals surface area (Å²) in [6, 6.07) is 0. The van der Waals surface area contributed by atoms with Gasteiger partial charge in [-0.2, -0.15) is 0 Å². The Morgan fingerprint density at radius 1 is 1.58 bits per heavy atom. The van der Waals surface area contributed by atoms with Crippen LogP contribution in [0.15, 0.2) is 30.1 Å². The van der Waals surface area contributed by atoms with Crippen LogP contribution >= 0.6 is 0 Å². The molecule has 68 valence electrons. The second kappa shape index (κ2) is 6.61. The predicted molar refractivity (Wildman–Crippen MR) is 52.3 cm³/mol. The highest BCUT2D eigenvalue weighted by Gasteiger charge is 1.91. The molecule has 3 heteroatoms. The summed E-state index contributed by atoms with van der Waals surface area (Å²) in [5, 5.41) is 0. The molecular weight excluding hydrogens is 152 g/mol. The second-order valence-corrected chi connectivity index (χ2v) is 2.58. The molecule has 3 nitrogen and oxygen atoms in total. The first-order chi connectivity index (χ1) is 5.66. The van der Waals surface area contributed by atoms with E-state index in [1.54, 1.807) is 6.21 Å². The van der Waals surface area contributed by atoms with Crippen molar-refractivity contribution in [2.75, 3.05) is 27.2 Å². The fourth-order valence-electron chi connectivity index (χ4n) is 0.532. The summed E-state index contributed by atoms with van der Waals surface area (Å²) in [5.74, 6) is 0.566. The minimum atomic E-state index is 0.566. The molecule has 0 aromatic rings. The number of ether oxygens (including phenoxy) is 1. The molecule has 0 spiro atoms. The normalized spacial score (nSPS) is 10.6. The van der Waals surface area contributed by atoms with Crippen LogP contribution in [0.3, 0.4) is 0 Å². The summed E-state index contributed by atoms with van der Waals surface area (Å²) < 4.78 is 5.22. The number of likely N-dealkylation sites (N-methyl/N-ethyl adjacent to an activating group) is 1. The van der Waals surface area contributed by atoms with E-state index >= 15 is 0 Å². The van der Waals surface area contributed by atoms with Gasteiger partial charge >= 0.3 is 0 Å². The fourth-order valence-corrected chi connectivity index (χ4v) is 0.532. The summed E-state index contributed by atoms with van der Waals surface area (Å²) in [4.78, 5) is 5.81. The average Bonchev–Trinajstić information content (AvgIpc) is 2.00. The maximum Gasteiger partial charge on any atom is 0.130 e. The minimum Gasteiger partial charge on any atom is -0.491 e. The lowest BCUT2D eigenvalue weighted by Gasteiger charge is -2.09. The van der Waals surface area contributed by atoms with Crippen LogP contribution in [-0.4, -0.2) is 38.4 Å². The highest BCUT2D eigenvalue weighted by atomic mass is 16.5. The van der Waals surface area contributed by atoms with Crippen LogP contribution in [0.5, 0.6) is 0 Å². The molecule has 0 radical (unpaired) electrons. The molecule has 0 saturated heterocycles. The molecule has 0 aliphatic carbocycles. The van der Waals surface area contributed by atoms with Crippen LogP contribution in [0, 0.1) is 0 Å². The average molecular weight is 168 g/mol. The third-order valence-corrected chi connectivity index (χ3v) is 1.15. The van der Waals surface area contributed by atoms with Crippen molar-refractivity contribution in [3.63, 3.8) is 0 Å². The molecule has 0 unspecified atom stereocenters. The monoisotopic (exact) mass is 168 g/mol. The molecule has 0 saturated carbocycles. The predicted octanol–water partition coefficient (Wildman–Crippen LogP) is 1.29. The van der Waals surface area contributed by atoms with E-state index in [0.29, 0.717) is 12.4 Å². The van der Waals surface area contributed by atoms with E-state index in [-0.39, 0.29) is 0 Å². The summed E-state index contributed by atoms with van der Waals surface area (Å²) >= 11 is 0. The van der Waals surface area contributed by atoms with E-state index < -0.39 is 0 Å². The number of aliphatic imine (C=N–C) groups is 1. The van der Waals surface area contributed by atoms with Crippen molar-refractivity contribution in [1.82, 2.24) is 4.90 Å². The number of hydrogen-bond donors (Lipinski definition) is 0. The van der Waals surface area contributed by atoms with Gasteiger partial charge in [0, 0.05) is 12.7 Å². The largest absolute Gasteiger partial charge is 0.491 e. The van der Waals surface area contributed by atoms with Crippen LogP contribution < -0.4 is 0 Å². The van der Waals surface area contributed by atoms with E-state index in [2.05, 4.69) is 18.2 Å². The Hall–Kier alpha value is -1.09. The van der Waals surface area contributed by atoms with Crippen molar-refractivity contribution in [1.29, 1.82) is 0 Å². The van der Waals surface area contributed by atoms with Crippen molar-refractivity contribution in [3.05, 3.63) is 25.1 Å². The van der Waals surface area contributed by atoms with Crippen molar-refractivity contribution < 1.29 is 4.74 Å². The molecule has 0 aliphatic heterocycles. The summed E-state index contributed by atoms with van der Waals surface area (Å²) in [7, 11) is 3.98. The van der Waals surface area contributed by atoms with Crippen molar-refractivity contribution in [2.45, 2.75) is 0 Å². The summed E-state index contributed by atoms with van der Waals surface area (Å²) in [6.07, 6.45) is 2.99. The maximum absolute atomic E-state index is 5.22. The van der Waals surface area contributed by atoms with Crippen LogP contribution in [0.4, 0.5) is 0 Å². The zero-order chi connectivity index (χ0) is 9.40.